The Morgan fingerprint density at radius 1 is 1.42 bits per heavy atom. The first-order chi connectivity index (χ1) is 8.90. The number of pyridine rings is 1. The van der Waals surface area contributed by atoms with E-state index in [-0.39, 0.29) is 16.6 Å². The third-order valence-corrected chi connectivity index (χ3v) is 3.20. The molecule has 0 aliphatic carbocycles. The van der Waals surface area contributed by atoms with Gasteiger partial charge in [-0.3, -0.25) is 0 Å². The van der Waals surface area contributed by atoms with E-state index in [2.05, 4.69) is 31.1 Å². The van der Waals surface area contributed by atoms with Gasteiger partial charge in [0.25, 0.3) is 0 Å². The van der Waals surface area contributed by atoms with Crippen LogP contribution in [0.3, 0.4) is 0 Å². The Labute approximate surface area is 119 Å². The van der Waals surface area contributed by atoms with Crippen LogP contribution in [0.5, 0.6) is 0 Å². The molecular formula is C14H21ClN2O2. The quantitative estimate of drug-likeness (QED) is 0.792. The maximum atomic E-state index is 11.0. The second-order valence-corrected chi connectivity index (χ2v) is 5.63. The van der Waals surface area contributed by atoms with E-state index in [4.69, 9.17) is 16.7 Å². The van der Waals surface area contributed by atoms with E-state index < -0.39 is 5.97 Å². The van der Waals surface area contributed by atoms with E-state index in [1.54, 1.807) is 0 Å². The van der Waals surface area contributed by atoms with Crippen LogP contribution in [0.25, 0.3) is 0 Å². The fourth-order valence-corrected chi connectivity index (χ4v) is 2.02. The standard InChI is InChI=1S/C14H21ClN2O2/c1-9(2)5-4-6-10(3)17-13-7-11(14(18)19)12(15)8-16-13/h7-10H,4-6H2,1-3H3,(H,16,17)(H,18,19). The zero-order chi connectivity index (χ0) is 14.4. The van der Waals surface area contributed by atoms with Gasteiger partial charge in [-0.25, -0.2) is 9.78 Å². The van der Waals surface area contributed by atoms with Gasteiger partial charge in [0, 0.05) is 12.2 Å². The van der Waals surface area contributed by atoms with Gasteiger partial charge in [0.05, 0.1) is 10.6 Å². The SMILES string of the molecule is CC(C)CCCC(C)Nc1cc(C(=O)O)c(Cl)cn1. The summed E-state index contributed by atoms with van der Waals surface area (Å²) < 4.78 is 0. The molecule has 1 rings (SSSR count). The third-order valence-electron chi connectivity index (χ3n) is 2.90. The van der Waals surface area contributed by atoms with Crippen LogP contribution < -0.4 is 5.32 Å². The van der Waals surface area contributed by atoms with Crippen LogP contribution >= 0.6 is 11.6 Å². The zero-order valence-electron chi connectivity index (χ0n) is 11.6. The number of rotatable bonds is 7. The maximum Gasteiger partial charge on any atom is 0.337 e. The number of hydrogen-bond acceptors (Lipinski definition) is 3. The van der Waals surface area contributed by atoms with Crippen molar-refractivity contribution in [3.05, 3.63) is 22.8 Å². The summed E-state index contributed by atoms with van der Waals surface area (Å²) in [5.41, 5.74) is 0.0774. The van der Waals surface area contributed by atoms with Gasteiger partial charge in [0.2, 0.25) is 0 Å². The number of halogens is 1. The number of carboxylic acid groups (broad SMARTS) is 1. The molecule has 0 saturated carbocycles. The first-order valence-electron chi connectivity index (χ1n) is 6.55. The van der Waals surface area contributed by atoms with Crippen LogP contribution in [0.15, 0.2) is 12.3 Å². The molecule has 0 spiro atoms. The molecule has 0 saturated heterocycles. The predicted molar refractivity (Wildman–Crippen MR) is 78.0 cm³/mol. The molecule has 5 heteroatoms. The highest BCUT2D eigenvalue weighted by Crippen LogP contribution is 2.19. The van der Waals surface area contributed by atoms with Crippen LogP contribution in [0.2, 0.25) is 5.02 Å². The molecule has 1 atom stereocenters. The molecule has 1 aromatic rings. The molecule has 106 valence electrons. The summed E-state index contributed by atoms with van der Waals surface area (Å²) in [6.07, 6.45) is 4.74. The van der Waals surface area contributed by atoms with E-state index in [0.717, 1.165) is 12.8 Å². The lowest BCUT2D eigenvalue weighted by Crippen LogP contribution is -2.16. The topological polar surface area (TPSA) is 62.2 Å². The minimum Gasteiger partial charge on any atom is -0.478 e. The van der Waals surface area contributed by atoms with Crippen LogP contribution in [-0.2, 0) is 0 Å². The minimum absolute atomic E-state index is 0.0774. The average molecular weight is 285 g/mol. The Balaban J connectivity index is 2.57. The largest absolute Gasteiger partial charge is 0.478 e. The Morgan fingerprint density at radius 2 is 2.11 bits per heavy atom. The number of nitrogens with one attached hydrogen (secondary N) is 1. The van der Waals surface area contributed by atoms with Crippen LogP contribution in [0, 0.1) is 5.92 Å². The van der Waals surface area contributed by atoms with Crippen molar-refractivity contribution in [3.8, 4) is 0 Å². The molecule has 1 heterocycles. The molecule has 0 fully saturated rings. The molecule has 2 N–H and O–H groups in total. The van der Waals surface area contributed by atoms with E-state index in [9.17, 15) is 4.79 Å². The van der Waals surface area contributed by atoms with E-state index >= 15 is 0 Å². The summed E-state index contributed by atoms with van der Waals surface area (Å²) in [7, 11) is 0. The van der Waals surface area contributed by atoms with Crippen LogP contribution in [0.4, 0.5) is 5.82 Å². The number of anilines is 1. The highest BCUT2D eigenvalue weighted by Gasteiger charge is 2.11. The molecule has 0 aliphatic rings. The average Bonchev–Trinajstić information content (AvgIpc) is 2.30. The van der Waals surface area contributed by atoms with Crippen molar-refractivity contribution in [2.75, 3.05) is 5.32 Å². The van der Waals surface area contributed by atoms with Gasteiger partial charge in [-0.1, -0.05) is 38.3 Å². The summed E-state index contributed by atoms with van der Waals surface area (Å²) in [6.45, 7) is 6.48. The number of hydrogen-bond donors (Lipinski definition) is 2. The second-order valence-electron chi connectivity index (χ2n) is 5.22. The number of aromatic nitrogens is 1. The Hall–Kier alpha value is -1.29. The number of carboxylic acids is 1. The van der Waals surface area contributed by atoms with Gasteiger partial charge in [-0.05, 0) is 25.3 Å². The first kappa shape index (κ1) is 15.8. The summed E-state index contributed by atoms with van der Waals surface area (Å²) in [6, 6.07) is 1.73. The normalized spacial score (nSPS) is 12.5. The van der Waals surface area contributed by atoms with Crippen molar-refractivity contribution >= 4 is 23.4 Å². The molecule has 4 nitrogen and oxygen atoms in total. The number of carbonyl (C=O) groups is 1. The van der Waals surface area contributed by atoms with Crippen LogP contribution in [0.1, 0.15) is 50.4 Å². The van der Waals surface area contributed by atoms with Crippen molar-refractivity contribution in [2.45, 2.75) is 46.1 Å². The van der Waals surface area contributed by atoms with Crippen molar-refractivity contribution in [1.82, 2.24) is 4.98 Å². The van der Waals surface area contributed by atoms with Crippen molar-refractivity contribution < 1.29 is 9.90 Å². The summed E-state index contributed by atoms with van der Waals surface area (Å²) >= 11 is 5.78. The maximum absolute atomic E-state index is 11.0. The summed E-state index contributed by atoms with van der Waals surface area (Å²) in [5, 5.41) is 12.3. The molecular weight excluding hydrogens is 264 g/mol. The van der Waals surface area contributed by atoms with Gasteiger partial charge in [0.1, 0.15) is 5.82 Å². The second kappa shape index (κ2) is 7.34. The lowest BCUT2D eigenvalue weighted by Gasteiger charge is -2.15. The van der Waals surface area contributed by atoms with Crippen molar-refractivity contribution in [2.24, 2.45) is 5.92 Å². The van der Waals surface area contributed by atoms with Gasteiger partial charge < -0.3 is 10.4 Å². The highest BCUT2D eigenvalue weighted by molar-refractivity contribution is 6.33. The van der Waals surface area contributed by atoms with Gasteiger partial charge in [0.15, 0.2) is 0 Å². The van der Waals surface area contributed by atoms with Gasteiger partial charge in [-0.2, -0.15) is 0 Å². The van der Waals surface area contributed by atoms with Gasteiger partial charge >= 0.3 is 5.97 Å². The molecule has 0 aromatic carbocycles. The zero-order valence-corrected chi connectivity index (χ0v) is 12.4. The number of aromatic carboxylic acids is 1. The smallest absolute Gasteiger partial charge is 0.337 e. The third kappa shape index (κ3) is 5.47. The molecule has 0 bridgehead atoms. The lowest BCUT2D eigenvalue weighted by molar-refractivity contribution is 0.0697. The van der Waals surface area contributed by atoms with E-state index in [0.29, 0.717) is 11.7 Å². The molecule has 0 radical (unpaired) electrons. The van der Waals surface area contributed by atoms with E-state index in [1.807, 2.05) is 0 Å². The summed E-state index contributed by atoms with van der Waals surface area (Å²) in [5.74, 6) is 0.223. The summed E-state index contributed by atoms with van der Waals surface area (Å²) in [4.78, 5) is 15.1. The number of nitrogens with zero attached hydrogens (tertiary/aromatic N) is 1. The molecule has 19 heavy (non-hydrogen) atoms. The van der Waals surface area contributed by atoms with Crippen LogP contribution in [-0.4, -0.2) is 22.1 Å². The Bertz CT molecular complexity index is 435. The van der Waals surface area contributed by atoms with Crippen molar-refractivity contribution in [3.63, 3.8) is 0 Å². The Morgan fingerprint density at radius 3 is 2.68 bits per heavy atom. The molecule has 1 unspecified atom stereocenters. The predicted octanol–water partition coefficient (Wildman–Crippen LogP) is 4.06. The minimum atomic E-state index is -1.04. The monoisotopic (exact) mass is 284 g/mol. The first-order valence-corrected chi connectivity index (χ1v) is 6.93. The van der Waals surface area contributed by atoms with Crippen molar-refractivity contribution in [1.29, 1.82) is 0 Å². The fourth-order valence-electron chi connectivity index (χ4n) is 1.84. The lowest BCUT2D eigenvalue weighted by atomic mass is 10.0. The fraction of sp³-hybridized carbons (Fsp3) is 0.571. The Kier molecular flexibility index (Phi) is 6.09. The highest BCUT2D eigenvalue weighted by atomic mass is 35.5. The molecule has 0 aliphatic heterocycles. The molecule has 1 aromatic heterocycles. The van der Waals surface area contributed by atoms with E-state index in [1.165, 1.54) is 18.7 Å². The molecule has 0 amide bonds. The van der Waals surface area contributed by atoms with Gasteiger partial charge in [-0.15, -0.1) is 0 Å².